The summed E-state index contributed by atoms with van der Waals surface area (Å²) < 4.78 is 30.8. The van der Waals surface area contributed by atoms with Crippen molar-refractivity contribution in [2.45, 2.75) is 43.5 Å². The molecule has 7 nitrogen and oxygen atoms in total. The van der Waals surface area contributed by atoms with Gasteiger partial charge in [0.2, 0.25) is 10.0 Å². The maximum absolute atomic E-state index is 12.4. The number of sulfonamides is 1. The molecule has 1 unspecified atom stereocenters. The van der Waals surface area contributed by atoms with Gasteiger partial charge in [-0.05, 0) is 67.5 Å². The minimum atomic E-state index is -3.83. The molecule has 1 amide bonds. The van der Waals surface area contributed by atoms with Gasteiger partial charge < -0.3 is 10.1 Å². The van der Waals surface area contributed by atoms with Crippen LogP contribution in [0.25, 0.3) is 0 Å². The third kappa shape index (κ3) is 5.49. The van der Waals surface area contributed by atoms with Crippen LogP contribution in [0.1, 0.15) is 52.9 Å². The number of fused-ring (bicyclic) bond motifs is 1. The van der Waals surface area contributed by atoms with E-state index < -0.39 is 28.5 Å². The lowest BCUT2D eigenvalue weighted by Crippen LogP contribution is -2.31. The van der Waals surface area contributed by atoms with E-state index >= 15 is 0 Å². The first kappa shape index (κ1) is 24.2. The van der Waals surface area contributed by atoms with Crippen molar-refractivity contribution in [3.8, 4) is 0 Å². The molecular formula is C23H27ClN2O5S. The summed E-state index contributed by atoms with van der Waals surface area (Å²) in [7, 11) is -1.10. The number of nitrogens with one attached hydrogen (secondary N) is 1. The Balaban J connectivity index is 1.61. The second-order valence-electron chi connectivity index (χ2n) is 8.03. The van der Waals surface area contributed by atoms with Crippen LogP contribution in [0.5, 0.6) is 0 Å². The van der Waals surface area contributed by atoms with Crippen molar-refractivity contribution < 1.29 is 22.7 Å². The summed E-state index contributed by atoms with van der Waals surface area (Å²) in [5.41, 5.74) is 3.69. The molecule has 0 aliphatic heterocycles. The Morgan fingerprint density at radius 3 is 2.47 bits per heavy atom. The Bertz CT molecular complexity index is 1130. The van der Waals surface area contributed by atoms with E-state index in [1.165, 1.54) is 50.2 Å². The summed E-state index contributed by atoms with van der Waals surface area (Å²) in [5.74, 6) is -1.26. The first-order chi connectivity index (χ1) is 15.1. The highest BCUT2D eigenvalue weighted by Gasteiger charge is 2.23. The number of benzene rings is 2. The maximum atomic E-state index is 12.4. The van der Waals surface area contributed by atoms with Gasteiger partial charge in [0.05, 0.1) is 16.6 Å². The Labute approximate surface area is 193 Å². The molecule has 172 valence electrons. The molecule has 2 aromatic rings. The van der Waals surface area contributed by atoms with E-state index in [1.54, 1.807) is 0 Å². The third-order valence-corrected chi connectivity index (χ3v) is 7.81. The van der Waals surface area contributed by atoms with Crippen molar-refractivity contribution in [1.29, 1.82) is 0 Å². The van der Waals surface area contributed by atoms with Gasteiger partial charge in [0, 0.05) is 14.1 Å². The summed E-state index contributed by atoms with van der Waals surface area (Å²) in [4.78, 5) is 24.5. The summed E-state index contributed by atoms with van der Waals surface area (Å²) in [6, 6.07) is 9.84. The number of rotatable bonds is 7. The maximum Gasteiger partial charge on any atom is 0.338 e. The largest absolute Gasteiger partial charge is 0.452 e. The van der Waals surface area contributed by atoms with Crippen LogP contribution in [0.2, 0.25) is 5.02 Å². The van der Waals surface area contributed by atoms with Gasteiger partial charge in [-0.2, -0.15) is 0 Å². The van der Waals surface area contributed by atoms with E-state index in [0.29, 0.717) is 0 Å². The average molecular weight is 479 g/mol. The number of aryl methyl sites for hydroxylation is 2. The minimum absolute atomic E-state index is 0.00753. The topological polar surface area (TPSA) is 92.8 Å². The van der Waals surface area contributed by atoms with E-state index in [-0.39, 0.29) is 21.5 Å². The zero-order valence-electron chi connectivity index (χ0n) is 18.4. The third-order valence-electron chi connectivity index (χ3n) is 5.51. The Kier molecular flexibility index (Phi) is 7.59. The van der Waals surface area contributed by atoms with Gasteiger partial charge in [0.25, 0.3) is 5.91 Å². The van der Waals surface area contributed by atoms with Crippen molar-refractivity contribution in [3.05, 3.63) is 63.7 Å². The van der Waals surface area contributed by atoms with Gasteiger partial charge in [-0.1, -0.05) is 29.8 Å². The number of halogens is 1. The van der Waals surface area contributed by atoms with Gasteiger partial charge in [-0.25, -0.2) is 17.5 Å². The van der Waals surface area contributed by atoms with Gasteiger partial charge in [-0.15, -0.1) is 0 Å². The standard InChI is InChI=1S/C23H27ClN2O5S/c1-15(17-9-8-16-6-4-5-7-18(16)12-17)25-22(27)14-31-23(28)19-10-11-20(24)21(13-19)32(29,30)26(2)3/h8-13,15H,4-7,14H2,1-3H3,(H,25,27). The molecule has 0 spiro atoms. The van der Waals surface area contributed by atoms with Crippen LogP contribution in [-0.4, -0.2) is 45.3 Å². The molecule has 1 aliphatic carbocycles. The molecule has 1 atom stereocenters. The number of hydrogen-bond donors (Lipinski definition) is 1. The molecule has 0 aromatic heterocycles. The second-order valence-corrected chi connectivity index (χ2v) is 10.6. The van der Waals surface area contributed by atoms with Crippen LogP contribution < -0.4 is 5.32 Å². The monoisotopic (exact) mass is 478 g/mol. The van der Waals surface area contributed by atoms with Crippen LogP contribution in [0.3, 0.4) is 0 Å². The highest BCUT2D eigenvalue weighted by molar-refractivity contribution is 7.89. The summed E-state index contributed by atoms with van der Waals surface area (Å²) in [6.45, 7) is 1.40. The molecule has 0 bridgehead atoms. The lowest BCUT2D eigenvalue weighted by atomic mass is 9.89. The highest BCUT2D eigenvalue weighted by Crippen LogP contribution is 2.26. The number of amides is 1. The summed E-state index contributed by atoms with van der Waals surface area (Å²) in [5, 5.41) is 2.82. The number of carbonyl (C=O) groups excluding carboxylic acids is 2. The van der Waals surface area contributed by atoms with E-state index in [0.717, 1.165) is 28.8 Å². The van der Waals surface area contributed by atoms with Crippen LogP contribution in [-0.2, 0) is 32.4 Å². The second kappa shape index (κ2) is 10.0. The van der Waals surface area contributed by atoms with Crippen molar-refractivity contribution in [3.63, 3.8) is 0 Å². The Morgan fingerprint density at radius 1 is 1.09 bits per heavy atom. The van der Waals surface area contributed by atoms with Gasteiger partial charge in [-0.3, -0.25) is 4.79 Å². The molecule has 0 saturated heterocycles. The molecule has 2 aromatic carbocycles. The Morgan fingerprint density at radius 2 is 1.78 bits per heavy atom. The number of carbonyl (C=O) groups is 2. The number of nitrogens with zero attached hydrogens (tertiary/aromatic N) is 1. The molecule has 1 aliphatic rings. The van der Waals surface area contributed by atoms with Crippen LogP contribution in [0, 0.1) is 0 Å². The number of ether oxygens (including phenoxy) is 1. The molecule has 3 rings (SSSR count). The smallest absolute Gasteiger partial charge is 0.338 e. The van der Waals surface area contributed by atoms with Gasteiger partial charge in [0.1, 0.15) is 4.90 Å². The summed E-state index contributed by atoms with van der Waals surface area (Å²) in [6.07, 6.45) is 4.53. The lowest BCUT2D eigenvalue weighted by Gasteiger charge is -2.20. The fraction of sp³-hybridized carbons (Fsp3) is 0.391. The Hall–Kier alpha value is -2.42. The first-order valence-corrected chi connectivity index (χ1v) is 12.2. The van der Waals surface area contributed by atoms with Crippen LogP contribution in [0.15, 0.2) is 41.3 Å². The first-order valence-electron chi connectivity index (χ1n) is 10.4. The average Bonchev–Trinajstić information content (AvgIpc) is 2.77. The van der Waals surface area contributed by atoms with Gasteiger partial charge in [0.15, 0.2) is 6.61 Å². The number of esters is 1. The van der Waals surface area contributed by atoms with E-state index in [2.05, 4.69) is 17.4 Å². The van der Waals surface area contributed by atoms with E-state index in [1.807, 2.05) is 13.0 Å². The van der Waals surface area contributed by atoms with Crippen molar-refractivity contribution in [2.24, 2.45) is 0 Å². The van der Waals surface area contributed by atoms with Gasteiger partial charge >= 0.3 is 5.97 Å². The number of hydrogen-bond acceptors (Lipinski definition) is 5. The molecule has 1 N–H and O–H groups in total. The predicted octanol–water partition coefficient (Wildman–Crippen LogP) is 3.50. The molecule has 32 heavy (non-hydrogen) atoms. The molecule has 0 saturated carbocycles. The lowest BCUT2D eigenvalue weighted by molar-refractivity contribution is -0.124. The fourth-order valence-corrected chi connectivity index (χ4v) is 5.02. The zero-order chi connectivity index (χ0) is 23.5. The van der Waals surface area contributed by atoms with Crippen molar-refractivity contribution >= 4 is 33.5 Å². The SMILES string of the molecule is CC(NC(=O)COC(=O)c1ccc(Cl)c(S(=O)(=O)N(C)C)c1)c1ccc2c(c1)CCCC2. The van der Waals surface area contributed by atoms with E-state index in [4.69, 9.17) is 16.3 Å². The minimum Gasteiger partial charge on any atom is -0.452 e. The molecule has 0 radical (unpaired) electrons. The fourth-order valence-electron chi connectivity index (χ4n) is 3.63. The van der Waals surface area contributed by atoms with Crippen LogP contribution in [0.4, 0.5) is 0 Å². The summed E-state index contributed by atoms with van der Waals surface area (Å²) >= 11 is 5.99. The zero-order valence-corrected chi connectivity index (χ0v) is 19.9. The molecular weight excluding hydrogens is 452 g/mol. The van der Waals surface area contributed by atoms with Crippen molar-refractivity contribution in [2.75, 3.05) is 20.7 Å². The van der Waals surface area contributed by atoms with Crippen molar-refractivity contribution in [1.82, 2.24) is 9.62 Å². The van der Waals surface area contributed by atoms with Crippen LogP contribution >= 0.6 is 11.6 Å². The molecule has 0 fully saturated rings. The molecule has 9 heteroatoms. The van der Waals surface area contributed by atoms with E-state index in [9.17, 15) is 18.0 Å². The quantitative estimate of drug-likeness (QED) is 0.615. The predicted molar refractivity (Wildman–Crippen MR) is 122 cm³/mol. The molecule has 0 heterocycles. The highest BCUT2D eigenvalue weighted by atomic mass is 35.5. The normalized spacial score (nSPS) is 14.5.